The van der Waals surface area contributed by atoms with Gasteiger partial charge in [0.15, 0.2) is 12.0 Å². The smallest absolute Gasteiger partial charge is 0.258 e. The van der Waals surface area contributed by atoms with Crippen molar-refractivity contribution < 1.29 is 23.8 Å². The number of benzene rings is 3. The molecule has 0 radical (unpaired) electrons. The lowest BCUT2D eigenvalue weighted by Crippen LogP contribution is -2.44. The molecule has 2 aromatic heterocycles. The number of pyridine rings is 1. The van der Waals surface area contributed by atoms with Crippen molar-refractivity contribution in [3.8, 4) is 10.4 Å². The fraction of sp³-hybridized carbons (Fsp3) is 0.275. The van der Waals surface area contributed by atoms with E-state index in [0.717, 1.165) is 65.8 Å². The van der Waals surface area contributed by atoms with E-state index in [0.29, 0.717) is 40.2 Å². The van der Waals surface area contributed by atoms with E-state index in [1.54, 1.807) is 48.2 Å². The van der Waals surface area contributed by atoms with Gasteiger partial charge >= 0.3 is 0 Å². The van der Waals surface area contributed by atoms with Crippen LogP contribution in [0.2, 0.25) is 0 Å². The van der Waals surface area contributed by atoms with Gasteiger partial charge in [-0.15, -0.1) is 11.3 Å². The minimum Gasteiger partial charge on any atom is -0.380 e. The highest BCUT2D eigenvalue weighted by atomic mass is 32.1. The Hall–Kier alpha value is -5.10. The number of ether oxygens (including phenoxy) is 1. The first-order valence-corrected chi connectivity index (χ1v) is 17.9. The number of carbonyl (C=O) groups excluding carboxylic acids is 2. The molecule has 1 atom stereocenters. The number of halogens is 1. The molecule has 2 saturated heterocycles. The second-order valence-corrected chi connectivity index (χ2v) is 14.9. The molecule has 3 N–H and O–H groups in total. The third-order valence-electron chi connectivity index (χ3n) is 10.1. The van der Waals surface area contributed by atoms with Gasteiger partial charge in [-0.1, -0.05) is 30.3 Å². The molecule has 0 bridgehead atoms. The summed E-state index contributed by atoms with van der Waals surface area (Å²) in [6, 6.07) is 23.2. The lowest BCUT2D eigenvalue weighted by atomic mass is 9.85. The van der Waals surface area contributed by atoms with Crippen LogP contribution in [0.25, 0.3) is 10.4 Å². The van der Waals surface area contributed by atoms with Gasteiger partial charge in [-0.2, -0.15) is 0 Å². The Labute approximate surface area is 299 Å². The second kappa shape index (κ2) is 13.2. The molecule has 2 amide bonds. The normalized spacial score (nSPS) is 16.5. The van der Waals surface area contributed by atoms with Gasteiger partial charge in [0.25, 0.3) is 11.8 Å². The number of hydrogen-bond donors (Lipinski definition) is 3. The van der Waals surface area contributed by atoms with Crippen LogP contribution < -0.4 is 20.4 Å². The van der Waals surface area contributed by atoms with Gasteiger partial charge < -0.3 is 30.3 Å². The van der Waals surface area contributed by atoms with E-state index >= 15 is 0 Å². The number of aliphatic hydroxyl groups is 1. The first kappa shape index (κ1) is 33.1. The lowest BCUT2D eigenvalue weighted by Gasteiger charge is -2.37. The van der Waals surface area contributed by atoms with Gasteiger partial charge in [0.2, 0.25) is 0 Å². The van der Waals surface area contributed by atoms with Crippen LogP contribution >= 0.6 is 11.3 Å². The summed E-state index contributed by atoms with van der Waals surface area (Å²) >= 11 is 1.43. The molecule has 51 heavy (non-hydrogen) atoms. The maximum absolute atomic E-state index is 14.5. The highest BCUT2D eigenvalue weighted by Crippen LogP contribution is 2.44. The third kappa shape index (κ3) is 6.26. The molecule has 1 spiro atoms. The predicted molar refractivity (Wildman–Crippen MR) is 198 cm³/mol. The van der Waals surface area contributed by atoms with Gasteiger partial charge in [0.05, 0.1) is 35.2 Å². The number of hydrogen-bond acceptors (Lipinski definition) is 8. The topological polar surface area (TPSA) is 107 Å². The number of anilines is 4. The quantitative estimate of drug-likeness (QED) is 0.152. The summed E-state index contributed by atoms with van der Waals surface area (Å²) in [5.74, 6) is -0.107. The minimum absolute atomic E-state index is 0.172. The van der Waals surface area contributed by atoms with Crippen molar-refractivity contribution in [3.05, 3.63) is 124 Å². The number of nitrogens with zero attached hydrogens (tertiary/aromatic N) is 3. The van der Waals surface area contributed by atoms with E-state index in [1.807, 2.05) is 49.5 Å². The number of aliphatic hydroxyl groups excluding tert-OH is 1. The van der Waals surface area contributed by atoms with E-state index in [2.05, 4.69) is 20.5 Å². The predicted octanol–water partition coefficient (Wildman–Crippen LogP) is 7.35. The van der Waals surface area contributed by atoms with Crippen LogP contribution in [0.1, 0.15) is 54.9 Å². The first-order valence-electron chi connectivity index (χ1n) is 17.1. The van der Waals surface area contributed by atoms with Gasteiger partial charge in [0, 0.05) is 52.8 Å². The highest BCUT2D eigenvalue weighted by molar-refractivity contribution is 7.15. The number of carbonyl (C=O) groups is 2. The Balaban J connectivity index is 0.990. The monoisotopic (exact) mass is 703 g/mol. The summed E-state index contributed by atoms with van der Waals surface area (Å²) in [6.45, 7) is 7.41. The molecule has 5 aromatic rings. The van der Waals surface area contributed by atoms with Crippen molar-refractivity contribution in [1.29, 1.82) is 0 Å². The van der Waals surface area contributed by atoms with Crippen molar-refractivity contribution >= 4 is 46.0 Å². The Morgan fingerprint density at radius 2 is 1.78 bits per heavy atom. The molecular formula is C40H38FN5O4S. The summed E-state index contributed by atoms with van der Waals surface area (Å²) < 4.78 is 20.0. The SMILES string of the molecule is Cc1cnc(N2CCC3(COC3)C2)c(NC(=O)c2ccc(C(=O)N3CCc4cc(C(O)Nc5c(C)cccc5F)sc4-c4ccccc43)cc2)c1. The van der Waals surface area contributed by atoms with Gasteiger partial charge in [-0.25, -0.2) is 9.37 Å². The Bertz CT molecular complexity index is 2130. The van der Waals surface area contributed by atoms with Gasteiger partial charge in [-0.3, -0.25) is 9.59 Å². The fourth-order valence-electron chi connectivity index (χ4n) is 7.25. The van der Waals surface area contributed by atoms with Crippen LogP contribution in [-0.2, 0) is 11.2 Å². The van der Waals surface area contributed by atoms with Crippen molar-refractivity contribution in [2.75, 3.05) is 53.3 Å². The zero-order valence-electron chi connectivity index (χ0n) is 28.4. The van der Waals surface area contributed by atoms with Crippen molar-refractivity contribution in [2.24, 2.45) is 5.41 Å². The number of nitrogens with one attached hydrogen (secondary N) is 2. The molecule has 9 nitrogen and oxygen atoms in total. The average molecular weight is 704 g/mol. The molecule has 5 heterocycles. The molecule has 3 aliphatic heterocycles. The summed E-state index contributed by atoms with van der Waals surface area (Å²) in [6.07, 6.45) is 2.33. The Morgan fingerprint density at radius 1 is 1.00 bits per heavy atom. The van der Waals surface area contributed by atoms with Crippen LogP contribution in [0.15, 0.2) is 85.1 Å². The summed E-state index contributed by atoms with van der Waals surface area (Å²) in [4.78, 5) is 37.8. The standard InChI is InChI=1S/C40H38FN5O4S/c1-24-18-31(36(42-20-24)45-17-15-40(21-45)22-50-23-40)43-37(47)26-10-12-27(13-11-26)39(49)46-16-14-28-19-33(51-35(28)29-7-3-4-9-32(29)46)38(48)44-34-25(2)6-5-8-30(34)41/h3-13,18-20,38,44,48H,14-17,21-23H2,1-2H3,(H,43,47). The number of aryl methyl sites for hydroxylation is 2. The van der Waals surface area contributed by atoms with Crippen LogP contribution in [-0.4, -0.2) is 54.8 Å². The zero-order chi connectivity index (χ0) is 35.3. The number of aromatic nitrogens is 1. The molecular weight excluding hydrogens is 666 g/mol. The van der Waals surface area contributed by atoms with E-state index < -0.39 is 12.0 Å². The maximum Gasteiger partial charge on any atom is 0.258 e. The minimum atomic E-state index is -1.10. The van der Waals surface area contributed by atoms with Crippen LogP contribution in [0, 0.1) is 25.1 Å². The number of para-hydroxylation sites is 2. The molecule has 11 heteroatoms. The summed E-state index contributed by atoms with van der Waals surface area (Å²) in [5.41, 5.74) is 6.33. The van der Waals surface area contributed by atoms with Crippen molar-refractivity contribution in [1.82, 2.24) is 4.98 Å². The molecule has 3 aliphatic rings. The number of fused-ring (bicyclic) bond motifs is 3. The van der Waals surface area contributed by atoms with Crippen LogP contribution in [0.3, 0.4) is 0 Å². The highest BCUT2D eigenvalue weighted by Gasteiger charge is 2.45. The maximum atomic E-state index is 14.5. The lowest BCUT2D eigenvalue weighted by molar-refractivity contribution is -0.0985. The average Bonchev–Trinajstić information content (AvgIpc) is 3.73. The summed E-state index contributed by atoms with van der Waals surface area (Å²) in [7, 11) is 0. The molecule has 260 valence electrons. The second-order valence-electron chi connectivity index (χ2n) is 13.8. The van der Waals surface area contributed by atoms with Crippen LogP contribution in [0.4, 0.5) is 27.3 Å². The number of rotatable bonds is 7. The number of thiophene rings is 1. The Morgan fingerprint density at radius 3 is 2.53 bits per heavy atom. The summed E-state index contributed by atoms with van der Waals surface area (Å²) in [5, 5.41) is 17.1. The molecule has 0 aliphatic carbocycles. The van der Waals surface area contributed by atoms with E-state index in [4.69, 9.17) is 4.74 Å². The van der Waals surface area contributed by atoms with E-state index in [9.17, 15) is 19.1 Å². The molecule has 3 aromatic carbocycles. The van der Waals surface area contributed by atoms with Crippen molar-refractivity contribution in [2.45, 2.75) is 32.9 Å². The molecule has 0 saturated carbocycles. The van der Waals surface area contributed by atoms with Gasteiger partial charge in [-0.05, 0) is 91.9 Å². The third-order valence-corrected chi connectivity index (χ3v) is 11.4. The van der Waals surface area contributed by atoms with Gasteiger partial charge in [0.1, 0.15) is 5.82 Å². The first-order chi connectivity index (χ1) is 24.7. The molecule has 8 rings (SSSR count). The van der Waals surface area contributed by atoms with Crippen LogP contribution in [0.5, 0.6) is 0 Å². The van der Waals surface area contributed by atoms with E-state index in [1.165, 1.54) is 17.4 Å². The fourth-order valence-corrected chi connectivity index (χ4v) is 8.43. The number of amides is 2. The largest absolute Gasteiger partial charge is 0.380 e. The van der Waals surface area contributed by atoms with E-state index in [-0.39, 0.29) is 22.9 Å². The zero-order valence-corrected chi connectivity index (χ0v) is 29.2. The molecule has 1 unspecified atom stereocenters. The van der Waals surface area contributed by atoms with Crippen molar-refractivity contribution in [3.63, 3.8) is 0 Å². The Kier molecular flexibility index (Phi) is 8.57. The molecule has 2 fully saturated rings.